The Hall–Kier alpha value is -1.88. The van der Waals surface area contributed by atoms with Crippen LogP contribution in [0.4, 0.5) is 0 Å². The number of allylic oxidation sites excluding steroid dienone is 4. The predicted octanol–water partition coefficient (Wildman–Crippen LogP) is 3.35. The first-order valence-electron chi connectivity index (χ1n) is 7.97. The molecule has 1 aliphatic rings. The van der Waals surface area contributed by atoms with E-state index in [9.17, 15) is 9.59 Å². The zero-order valence-corrected chi connectivity index (χ0v) is 14.1. The molecule has 0 aliphatic carbocycles. The highest BCUT2D eigenvalue weighted by Crippen LogP contribution is 2.26. The molecule has 0 bridgehead atoms. The highest BCUT2D eigenvalue weighted by atomic mass is 16.6. The molecular weight excluding hydrogens is 296 g/mol. The van der Waals surface area contributed by atoms with E-state index in [0.29, 0.717) is 23.7 Å². The first-order valence-corrected chi connectivity index (χ1v) is 7.97. The minimum atomic E-state index is -0.923. The Kier molecular flexibility index (Phi) is 7.75. The molecule has 0 spiro atoms. The Morgan fingerprint density at radius 2 is 1.96 bits per heavy atom. The van der Waals surface area contributed by atoms with Crippen molar-refractivity contribution in [2.24, 2.45) is 5.92 Å². The number of hydrogen-bond acceptors (Lipinski definition) is 4. The second-order valence-corrected chi connectivity index (χ2v) is 6.22. The lowest BCUT2D eigenvalue weighted by molar-refractivity contribution is -0.141. The number of carbonyl (C=O) groups excluding carboxylic acids is 1. The molecular formula is C18H26O5. The van der Waals surface area contributed by atoms with E-state index >= 15 is 0 Å². The lowest BCUT2D eigenvalue weighted by Gasteiger charge is -2.21. The fourth-order valence-corrected chi connectivity index (χ4v) is 2.77. The maximum absolute atomic E-state index is 11.0. The smallest absolute Gasteiger partial charge is 0.344 e. The molecule has 0 amide bonds. The third-order valence-electron chi connectivity index (χ3n) is 3.80. The molecule has 0 saturated carbocycles. The van der Waals surface area contributed by atoms with Crippen LogP contribution >= 0.6 is 0 Å². The number of rotatable bonds is 10. The number of ether oxygens (including phenoxy) is 1. The largest absolute Gasteiger partial charge is 0.478 e. The summed E-state index contributed by atoms with van der Waals surface area (Å²) in [5.74, 6) is -0.177. The number of aliphatic hydroxyl groups excluding tert-OH is 1. The Balaban J connectivity index is 2.28. The number of carboxylic acids is 1. The third kappa shape index (κ3) is 6.82. The number of carbonyl (C=O) groups is 2. The molecule has 1 heterocycles. The number of unbranched alkanes of at least 4 members (excludes halogenated alkanes) is 1. The summed E-state index contributed by atoms with van der Waals surface area (Å²) < 4.78 is 4.91. The van der Waals surface area contributed by atoms with Crippen molar-refractivity contribution in [3.63, 3.8) is 0 Å². The molecule has 5 nitrogen and oxygen atoms in total. The zero-order valence-electron chi connectivity index (χ0n) is 14.1. The van der Waals surface area contributed by atoms with Gasteiger partial charge in [-0.3, -0.25) is 0 Å². The summed E-state index contributed by atoms with van der Waals surface area (Å²) in [6, 6.07) is 0. The van der Waals surface area contributed by atoms with Gasteiger partial charge in [-0.25, -0.2) is 9.59 Å². The Morgan fingerprint density at radius 1 is 1.26 bits per heavy atom. The van der Waals surface area contributed by atoms with Gasteiger partial charge in [0.15, 0.2) is 0 Å². The Labute approximate surface area is 137 Å². The van der Waals surface area contributed by atoms with Crippen molar-refractivity contribution in [1.29, 1.82) is 0 Å². The van der Waals surface area contributed by atoms with Gasteiger partial charge in [0, 0.05) is 12.5 Å². The molecule has 1 atom stereocenters. The van der Waals surface area contributed by atoms with Gasteiger partial charge < -0.3 is 14.9 Å². The molecule has 0 aromatic rings. The molecule has 1 rings (SSSR count). The normalized spacial score (nSPS) is 17.0. The fourth-order valence-electron chi connectivity index (χ4n) is 2.77. The van der Waals surface area contributed by atoms with Gasteiger partial charge in [0.05, 0.1) is 6.61 Å². The van der Waals surface area contributed by atoms with Crippen molar-refractivity contribution >= 4 is 11.9 Å². The van der Waals surface area contributed by atoms with Gasteiger partial charge in [-0.15, -0.1) is 0 Å². The number of cyclic esters (lactones) is 1. The minimum Gasteiger partial charge on any atom is -0.478 e. The van der Waals surface area contributed by atoms with E-state index in [4.69, 9.17) is 14.9 Å². The van der Waals surface area contributed by atoms with Crippen LogP contribution < -0.4 is 0 Å². The van der Waals surface area contributed by atoms with Gasteiger partial charge in [0.2, 0.25) is 0 Å². The summed E-state index contributed by atoms with van der Waals surface area (Å²) in [6.07, 6.45) is 7.77. The van der Waals surface area contributed by atoms with Crippen LogP contribution in [0.5, 0.6) is 0 Å². The van der Waals surface area contributed by atoms with Crippen LogP contribution in [0.15, 0.2) is 34.6 Å². The van der Waals surface area contributed by atoms with Crippen molar-refractivity contribution < 1.29 is 24.5 Å². The summed E-state index contributed by atoms with van der Waals surface area (Å²) in [6.45, 7) is 5.74. The molecule has 0 radical (unpaired) electrons. The van der Waals surface area contributed by atoms with Crippen molar-refractivity contribution in [2.75, 3.05) is 6.61 Å². The summed E-state index contributed by atoms with van der Waals surface area (Å²) in [5, 5.41) is 17.7. The molecule has 5 heteroatoms. The number of hydrogen-bond donors (Lipinski definition) is 2. The van der Waals surface area contributed by atoms with E-state index in [2.05, 4.69) is 6.92 Å². The van der Waals surface area contributed by atoms with Gasteiger partial charge in [-0.05, 0) is 38.2 Å². The predicted molar refractivity (Wildman–Crippen MR) is 87.6 cm³/mol. The number of aliphatic hydroxyl groups is 1. The third-order valence-corrected chi connectivity index (χ3v) is 3.80. The maximum Gasteiger partial charge on any atom is 0.344 e. The summed E-state index contributed by atoms with van der Waals surface area (Å²) in [5.41, 5.74) is 2.33. The second-order valence-electron chi connectivity index (χ2n) is 6.22. The van der Waals surface area contributed by atoms with Gasteiger partial charge in [0.25, 0.3) is 0 Å². The van der Waals surface area contributed by atoms with Crippen LogP contribution in [-0.4, -0.2) is 28.8 Å². The van der Waals surface area contributed by atoms with Crippen LogP contribution in [0, 0.1) is 5.92 Å². The molecule has 1 unspecified atom stereocenters. The number of aliphatic carboxylic acids is 1. The standard InChI is InChI=1S/C18H26O5/c1-12(8-13(2)9-14(3)10-17(20)21)6-4-5-7-16-15(11-19)18(22)23-16/h9-10,12,19H,4-8,11H2,1-3H3,(H,20,21). The molecule has 1 aliphatic heterocycles. The van der Waals surface area contributed by atoms with Crippen molar-refractivity contribution in [3.05, 3.63) is 34.6 Å². The van der Waals surface area contributed by atoms with Gasteiger partial charge in [0.1, 0.15) is 11.3 Å². The first kappa shape index (κ1) is 19.2. The summed E-state index contributed by atoms with van der Waals surface area (Å²) >= 11 is 0. The summed E-state index contributed by atoms with van der Waals surface area (Å²) in [7, 11) is 0. The molecule has 2 N–H and O–H groups in total. The molecule has 0 fully saturated rings. The average Bonchev–Trinajstić information content (AvgIpc) is 2.40. The molecule has 23 heavy (non-hydrogen) atoms. The van der Waals surface area contributed by atoms with Crippen molar-refractivity contribution in [2.45, 2.75) is 52.9 Å². The van der Waals surface area contributed by atoms with E-state index in [1.165, 1.54) is 11.6 Å². The van der Waals surface area contributed by atoms with E-state index in [1.807, 2.05) is 13.0 Å². The Bertz CT molecular complexity index is 540. The van der Waals surface area contributed by atoms with E-state index in [-0.39, 0.29) is 6.61 Å². The quantitative estimate of drug-likeness (QED) is 0.279. The second kappa shape index (κ2) is 9.30. The molecule has 0 aromatic carbocycles. The average molecular weight is 322 g/mol. The Morgan fingerprint density at radius 3 is 2.52 bits per heavy atom. The minimum absolute atomic E-state index is 0.238. The molecule has 128 valence electrons. The highest BCUT2D eigenvalue weighted by Gasteiger charge is 2.28. The fraction of sp³-hybridized carbons (Fsp3) is 0.556. The molecule has 0 saturated heterocycles. The van der Waals surface area contributed by atoms with Gasteiger partial charge in [-0.2, -0.15) is 0 Å². The topological polar surface area (TPSA) is 83.8 Å². The van der Waals surface area contributed by atoms with Crippen LogP contribution in [-0.2, 0) is 14.3 Å². The van der Waals surface area contributed by atoms with Crippen molar-refractivity contribution in [3.8, 4) is 0 Å². The number of carboxylic acid groups (broad SMARTS) is 1. The SMILES string of the molecule is CC(=CC(=O)O)C=C(C)CC(C)CCCCC1=C(CO)C(=O)O1. The number of esters is 1. The van der Waals surface area contributed by atoms with E-state index < -0.39 is 11.9 Å². The first-order chi connectivity index (χ1) is 10.8. The molecule has 0 aromatic heterocycles. The van der Waals surface area contributed by atoms with Gasteiger partial charge in [-0.1, -0.05) is 31.4 Å². The zero-order chi connectivity index (χ0) is 17.4. The van der Waals surface area contributed by atoms with Crippen LogP contribution in [0.2, 0.25) is 0 Å². The lowest BCUT2D eigenvalue weighted by Crippen LogP contribution is -2.24. The monoisotopic (exact) mass is 322 g/mol. The van der Waals surface area contributed by atoms with Crippen LogP contribution in [0.25, 0.3) is 0 Å². The highest BCUT2D eigenvalue weighted by molar-refractivity contribution is 5.95. The van der Waals surface area contributed by atoms with E-state index in [1.54, 1.807) is 6.92 Å². The van der Waals surface area contributed by atoms with Gasteiger partial charge >= 0.3 is 11.9 Å². The van der Waals surface area contributed by atoms with Crippen LogP contribution in [0.3, 0.4) is 0 Å². The maximum atomic E-state index is 11.0. The lowest BCUT2D eigenvalue weighted by atomic mass is 9.94. The van der Waals surface area contributed by atoms with Crippen LogP contribution in [0.1, 0.15) is 52.9 Å². The summed E-state index contributed by atoms with van der Waals surface area (Å²) in [4.78, 5) is 21.6. The van der Waals surface area contributed by atoms with E-state index in [0.717, 1.165) is 31.3 Å². The van der Waals surface area contributed by atoms with Crippen molar-refractivity contribution in [1.82, 2.24) is 0 Å².